The molecule has 2 aromatic carbocycles. The SMILES string of the molecule is OC(Cn1cncn1)c1ccc2ccccc2c1. The van der Waals surface area contributed by atoms with Gasteiger partial charge in [-0.3, -0.25) is 4.68 Å². The molecule has 0 fully saturated rings. The first-order valence-electron chi connectivity index (χ1n) is 5.82. The molecule has 1 atom stereocenters. The van der Waals surface area contributed by atoms with Crippen LogP contribution in [-0.2, 0) is 6.54 Å². The third-order valence-electron chi connectivity index (χ3n) is 2.98. The molecule has 1 aromatic heterocycles. The second kappa shape index (κ2) is 4.58. The van der Waals surface area contributed by atoms with Gasteiger partial charge in [0.25, 0.3) is 0 Å². The van der Waals surface area contributed by atoms with Gasteiger partial charge in [-0.2, -0.15) is 5.10 Å². The van der Waals surface area contributed by atoms with E-state index < -0.39 is 6.10 Å². The van der Waals surface area contributed by atoms with Gasteiger partial charge in [0.15, 0.2) is 0 Å². The minimum absolute atomic E-state index is 0.415. The fraction of sp³-hybridized carbons (Fsp3) is 0.143. The standard InChI is InChI=1S/C14H13N3O/c18-14(8-17-10-15-9-16-17)13-6-5-11-3-1-2-4-12(11)7-13/h1-7,9-10,14,18H,8H2. The number of nitrogens with zero attached hydrogens (tertiary/aromatic N) is 3. The fourth-order valence-electron chi connectivity index (χ4n) is 2.02. The van der Waals surface area contributed by atoms with Gasteiger partial charge in [-0.25, -0.2) is 4.98 Å². The van der Waals surface area contributed by atoms with Crippen LogP contribution in [0.4, 0.5) is 0 Å². The average molecular weight is 239 g/mol. The highest BCUT2D eigenvalue weighted by Gasteiger charge is 2.09. The lowest BCUT2D eigenvalue weighted by molar-refractivity contribution is 0.151. The molecule has 0 radical (unpaired) electrons. The molecule has 0 aliphatic rings. The first-order chi connectivity index (χ1) is 8.83. The molecule has 0 spiro atoms. The first kappa shape index (κ1) is 10.9. The Morgan fingerprint density at radius 1 is 1.11 bits per heavy atom. The summed E-state index contributed by atoms with van der Waals surface area (Å²) in [5.74, 6) is 0. The Hall–Kier alpha value is -2.20. The third-order valence-corrected chi connectivity index (χ3v) is 2.98. The van der Waals surface area contributed by atoms with Crippen molar-refractivity contribution in [1.82, 2.24) is 14.8 Å². The molecule has 18 heavy (non-hydrogen) atoms. The summed E-state index contributed by atoms with van der Waals surface area (Å²) in [5.41, 5.74) is 0.893. The smallest absolute Gasteiger partial charge is 0.137 e. The van der Waals surface area contributed by atoms with Crippen LogP contribution in [0.25, 0.3) is 10.8 Å². The van der Waals surface area contributed by atoms with Crippen molar-refractivity contribution in [3.63, 3.8) is 0 Å². The Kier molecular flexibility index (Phi) is 2.78. The molecule has 0 aliphatic heterocycles. The predicted octanol–water partition coefficient (Wildman–Crippen LogP) is 2.16. The van der Waals surface area contributed by atoms with Crippen molar-refractivity contribution in [2.45, 2.75) is 12.6 Å². The zero-order valence-corrected chi connectivity index (χ0v) is 9.77. The number of fused-ring (bicyclic) bond motifs is 1. The number of aromatic nitrogens is 3. The van der Waals surface area contributed by atoms with Crippen molar-refractivity contribution in [3.05, 3.63) is 60.7 Å². The van der Waals surface area contributed by atoms with Gasteiger partial charge < -0.3 is 5.11 Å². The Morgan fingerprint density at radius 3 is 2.72 bits per heavy atom. The van der Waals surface area contributed by atoms with Crippen LogP contribution in [0.2, 0.25) is 0 Å². The number of hydrogen-bond acceptors (Lipinski definition) is 3. The van der Waals surface area contributed by atoms with Crippen LogP contribution in [0, 0.1) is 0 Å². The molecule has 0 amide bonds. The van der Waals surface area contributed by atoms with Crippen molar-refractivity contribution in [3.8, 4) is 0 Å². The van der Waals surface area contributed by atoms with Gasteiger partial charge in [-0.15, -0.1) is 0 Å². The normalized spacial score (nSPS) is 12.7. The molecule has 4 heteroatoms. The minimum Gasteiger partial charge on any atom is -0.386 e. The molecule has 1 heterocycles. The van der Waals surface area contributed by atoms with Crippen LogP contribution < -0.4 is 0 Å². The highest BCUT2D eigenvalue weighted by atomic mass is 16.3. The highest BCUT2D eigenvalue weighted by molar-refractivity contribution is 5.83. The van der Waals surface area contributed by atoms with Gasteiger partial charge in [-0.1, -0.05) is 36.4 Å². The number of benzene rings is 2. The zero-order valence-electron chi connectivity index (χ0n) is 9.77. The van der Waals surface area contributed by atoms with Crippen LogP contribution in [-0.4, -0.2) is 19.9 Å². The third kappa shape index (κ3) is 2.10. The van der Waals surface area contributed by atoms with Crippen molar-refractivity contribution in [2.75, 3.05) is 0 Å². The molecule has 0 bridgehead atoms. The van der Waals surface area contributed by atoms with E-state index >= 15 is 0 Å². The monoisotopic (exact) mass is 239 g/mol. The summed E-state index contributed by atoms with van der Waals surface area (Å²) in [6.07, 6.45) is 2.49. The summed E-state index contributed by atoms with van der Waals surface area (Å²) in [6, 6.07) is 14.1. The Morgan fingerprint density at radius 2 is 1.94 bits per heavy atom. The average Bonchev–Trinajstić information content (AvgIpc) is 2.91. The highest BCUT2D eigenvalue weighted by Crippen LogP contribution is 2.21. The largest absolute Gasteiger partial charge is 0.386 e. The van der Waals surface area contributed by atoms with Gasteiger partial charge >= 0.3 is 0 Å². The maximum absolute atomic E-state index is 10.2. The van der Waals surface area contributed by atoms with Crippen LogP contribution in [0.15, 0.2) is 55.1 Å². The Labute approximate surface area is 105 Å². The topological polar surface area (TPSA) is 50.9 Å². The van der Waals surface area contributed by atoms with E-state index in [4.69, 9.17) is 0 Å². The molecule has 3 aromatic rings. The lowest BCUT2D eigenvalue weighted by atomic mass is 10.0. The second-order valence-electron chi connectivity index (χ2n) is 4.24. The summed E-state index contributed by atoms with van der Waals surface area (Å²) in [7, 11) is 0. The molecule has 4 nitrogen and oxygen atoms in total. The molecular weight excluding hydrogens is 226 g/mol. The number of aliphatic hydroxyl groups is 1. The molecule has 1 N–H and O–H groups in total. The van der Waals surface area contributed by atoms with Crippen molar-refractivity contribution in [2.24, 2.45) is 0 Å². The Balaban J connectivity index is 1.89. The number of aliphatic hydroxyl groups excluding tert-OH is 1. The van der Waals surface area contributed by atoms with Crippen LogP contribution in [0.5, 0.6) is 0 Å². The summed E-state index contributed by atoms with van der Waals surface area (Å²) >= 11 is 0. The van der Waals surface area contributed by atoms with E-state index in [2.05, 4.69) is 16.1 Å². The van der Waals surface area contributed by atoms with Crippen molar-refractivity contribution >= 4 is 10.8 Å². The molecule has 0 saturated heterocycles. The maximum Gasteiger partial charge on any atom is 0.137 e. The summed E-state index contributed by atoms with van der Waals surface area (Å²) in [4.78, 5) is 3.86. The zero-order chi connectivity index (χ0) is 12.4. The second-order valence-corrected chi connectivity index (χ2v) is 4.24. The van der Waals surface area contributed by atoms with Gasteiger partial charge in [0.2, 0.25) is 0 Å². The van der Waals surface area contributed by atoms with E-state index in [9.17, 15) is 5.11 Å². The molecular formula is C14H13N3O. The number of hydrogen-bond donors (Lipinski definition) is 1. The molecule has 1 unspecified atom stereocenters. The van der Waals surface area contributed by atoms with E-state index in [-0.39, 0.29) is 0 Å². The number of rotatable bonds is 3. The van der Waals surface area contributed by atoms with Crippen LogP contribution >= 0.6 is 0 Å². The summed E-state index contributed by atoms with van der Waals surface area (Å²) in [6.45, 7) is 0.415. The molecule has 0 saturated carbocycles. The fourth-order valence-corrected chi connectivity index (χ4v) is 2.02. The van der Waals surface area contributed by atoms with Gasteiger partial charge in [0, 0.05) is 0 Å². The van der Waals surface area contributed by atoms with Crippen molar-refractivity contribution in [1.29, 1.82) is 0 Å². The van der Waals surface area contributed by atoms with Crippen LogP contribution in [0.1, 0.15) is 11.7 Å². The molecule has 90 valence electrons. The van der Waals surface area contributed by atoms with E-state index in [1.807, 2.05) is 36.4 Å². The minimum atomic E-state index is -0.573. The van der Waals surface area contributed by atoms with Gasteiger partial charge in [-0.05, 0) is 22.4 Å². The lowest BCUT2D eigenvalue weighted by Gasteiger charge is -2.11. The Bertz CT molecular complexity index is 649. The summed E-state index contributed by atoms with van der Waals surface area (Å²) in [5, 5.41) is 16.5. The maximum atomic E-state index is 10.2. The molecule has 0 aliphatic carbocycles. The first-order valence-corrected chi connectivity index (χ1v) is 5.82. The predicted molar refractivity (Wildman–Crippen MR) is 68.9 cm³/mol. The quantitative estimate of drug-likeness (QED) is 0.762. The molecule has 3 rings (SSSR count). The van der Waals surface area contributed by atoms with E-state index in [0.29, 0.717) is 6.54 Å². The lowest BCUT2D eigenvalue weighted by Crippen LogP contribution is -2.09. The van der Waals surface area contributed by atoms with Gasteiger partial charge in [0.05, 0.1) is 12.6 Å². The van der Waals surface area contributed by atoms with E-state index in [1.165, 1.54) is 11.7 Å². The van der Waals surface area contributed by atoms with Gasteiger partial charge in [0.1, 0.15) is 12.7 Å². The van der Waals surface area contributed by atoms with E-state index in [0.717, 1.165) is 10.9 Å². The van der Waals surface area contributed by atoms with Crippen molar-refractivity contribution < 1.29 is 5.11 Å². The van der Waals surface area contributed by atoms with E-state index in [1.54, 1.807) is 11.0 Å². The van der Waals surface area contributed by atoms with Crippen LogP contribution in [0.3, 0.4) is 0 Å². The summed E-state index contributed by atoms with van der Waals surface area (Å²) < 4.78 is 1.62.